The number of rotatable bonds is 3. The maximum atomic E-state index is 11.8. The molecule has 0 fully saturated rings. The second-order valence-electron chi connectivity index (χ2n) is 3.37. The summed E-state index contributed by atoms with van der Waals surface area (Å²) in [6.45, 7) is 0.0222. The van der Waals surface area contributed by atoms with E-state index in [-0.39, 0.29) is 23.3 Å². The van der Waals surface area contributed by atoms with Crippen molar-refractivity contribution in [2.45, 2.75) is 6.42 Å². The third kappa shape index (κ3) is 3.58. The molecule has 0 aliphatic heterocycles. The van der Waals surface area contributed by atoms with Gasteiger partial charge in [-0.3, -0.25) is 10.1 Å². The summed E-state index contributed by atoms with van der Waals surface area (Å²) in [5.74, 6) is 5.23. The molecule has 0 aliphatic rings. The summed E-state index contributed by atoms with van der Waals surface area (Å²) in [4.78, 5) is 16.5. The molecule has 0 atom stereocenters. The summed E-state index contributed by atoms with van der Waals surface area (Å²) >= 11 is 6.94. The molecule has 0 aliphatic carbocycles. The average Bonchev–Trinajstić information content (AvgIpc) is 2.99. The highest BCUT2D eigenvalue weighted by Gasteiger charge is 2.14. The molecule has 0 bridgehead atoms. The SMILES string of the molecule is O=C(Nc1ncc(C#CCCO)s1)c1ccoc1Cl. The van der Waals surface area contributed by atoms with Gasteiger partial charge in [-0.1, -0.05) is 23.2 Å². The Bertz CT molecular complexity index is 639. The standard InChI is InChI=1S/C12H9ClN2O3S/c13-10-9(4-6-18-10)11(17)15-12-14-7-8(19-12)3-1-2-5-16/h4,6-7,16H,2,5H2,(H,14,15,17). The number of aromatic nitrogens is 1. The second-order valence-corrected chi connectivity index (χ2v) is 4.74. The van der Waals surface area contributed by atoms with E-state index in [9.17, 15) is 4.79 Å². The Morgan fingerprint density at radius 1 is 1.63 bits per heavy atom. The van der Waals surface area contributed by atoms with Gasteiger partial charge < -0.3 is 9.52 Å². The van der Waals surface area contributed by atoms with Crippen LogP contribution in [-0.4, -0.2) is 22.6 Å². The van der Waals surface area contributed by atoms with E-state index in [1.54, 1.807) is 6.20 Å². The van der Waals surface area contributed by atoms with E-state index in [1.165, 1.54) is 23.7 Å². The highest BCUT2D eigenvalue weighted by atomic mass is 35.5. The van der Waals surface area contributed by atoms with Crippen molar-refractivity contribution in [3.8, 4) is 11.8 Å². The number of hydrogen-bond donors (Lipinski definition) is 2. The largest absolute Gasteiger partial charge is 0.452 e. The van der Waals surface area contributed by atoms with Gasteiger partial charge in [-0.15, -0.1) is 0 Å². The lowest BCUT2D eigenvalue weighted by atomic mass is 10.3. The first-order valence-electron chi connectivity index (χ1n) is 5.30. The number of halogens is 1. The first-order chi connectivity index (χ1) is 9.20. The number of carbonyl (C=O) groups is 1. The van der Waals surface area contributed by atoms with E-state index in [1.807, 2.05) is 0 Å². The van der Waals surface area contributed by atoms with E-state index in [4.69, 9.17) is 21.1 Å². The molecule has 19 heavy (non-hydrogen) atoms. The number of anilines is 1. The number of aliphatic hydroxyl groups is 1. The molecule has 0 saturated carbocycles. The van der Waals surface area contributed by atoms with Gasteiger partial charge in [0.1, 0.15) is 0 Å². The van der Waals surface area contributed by atoms with Crippen LogP contribution in [0, 0.1) is 11.8 Å². The molecule has 5 nitrogen and oxygen atoms in total. The van der Waals surface area contributed by atoms with E-state index < -0.39 is 0 Å². The minimum absolute atomic E-state index is 0.0222. The third-order valence-electron chi connectivity index (χ3n) is 2.04. The van der Waals surface area contributed by atoms with Crippen LogP contribution in [0.3, 0.4) is 0 Å². The molecule has 0 spiro atoms. The van der Waals surface area contributed by atoms with Crippen molar-refractivity contribution in [2.24, 2.45) is 0 Å². The topological polar surface area (TPSA) is 75.4 Å². The molecule has 0 aromatic carbocycles. The number of amides is 1. The van der Waals surface area contributed by atoms with Gasteiger partial charge in [0.2, 0.25) is 5.22 Å². The van der Waals surface area contributed by atoms with Crippen LogP contribution in [0.2, 0.25) is 5.22 Å². The minimum Gasteiger partial charge on any atom is -0.452 e. The lowest BCUT2D eigenvalue weighted by molar-refractivity contribution is 0.102. The van der Waals surface area contributed by atoms with Gasteiger partial charge in [0.15, 0.2) is 5.13 Å². The zero-order valence-electron chi connectivity index (χ0n) is 9.64. The molecule has 7 heteroatoms. The molecule has 2 aromatic rings. The summed E-state index contributed by atoms with van der Waals surface area (Å²) in [6, 6.07) is 1.48. The lowest BCUT2D eigenvalue weighted by Gasteiger charge is -1.97. The fraction of sp³-hybridized carbons (Fsp3) is 0.167. The summed E-state index contributed by atoms with van der Waals surface area (Å²) in [6.07, 6.45) is 3.30. The maximum absolute atomic E-state index is 11.8. The molecule has 0 saturated heterocycles. The van der Waals surface area contributed by atoms with Crippen molar-refractivity contribution >= 4 is 34.0 Å². The van der Waals surface area contributed by atoms with E-state index in [2.05, 4.69) is 22.1 Å². The van der Waals surface area contributed by atoms with E-state index in [0.717, 1.165) is 0 Å². The molecular formula is C12H9ClN2O3S. The molecule has 2 aromatic heterocycles. The van der Waals surface area contributed by atoms with E-state index in [0.29, 0.717) is 16.4 Å². The molecule has 2 rings (SSSR count). The smallest absolute Gasteiger partial charge is 0.262 e. The van der Waals surface area contributed by atoms with Gasteiger partial charge in [-0.05, 0) is 17.7 Å². The molecule has 2 N–H and O–H groups in total. The second kappa shape index (κ2) is 6.38. The van der Waals surface area contributed by atoms with Gasteiger partial charge in [0.25, 0.3) is 5.91 Å². The third-order valence-corrected chi connectivity index (χ3v) is 3.16. The normalized spacial score (nSPS) is 9.79. The number of nitrogens with one attached hydrogen (secondary N) is 1. The van der Waals surface area contributed by atoms with Crippen LogP contribution in [0.15, 0.2) is 22.9 Å². The Kier molecular flexibility index (Phi) is 4.58. The Labute approximate surface area is 118 Å². The highest BCUT2D eigenvalue weighted by molar-refractivity contribution is 7.16. The maximum Gasteiger partial charge on any atom is 0.262 e. The summed E-state index contributed by atoms with van der Waals surface area (Å²) in [5.41, 5.74) is 0.254. The monoisotopic (exact) mass is 296 g/mol. The van der Waals surface area contributed by atoms with Crippen molar-refractivity contribution in [3.63, 3.8) is 0 Å². The van der Waals surface area contributed by atoms with Crippen molar-refractivity contribution in [3.05, 3.63) is 34.2 Å². The van der Waals surface area contributed by atoms with Gasteiger partial charge >= 0.3 is 0 Å². The minimum atomic E-state index is -0.386. The predicted octanol–water partition coefficient (Wildman–Crippen LogP) is 2.38. The van der Waals surface area contributed by atoms with Gasteiger partial charge in [0.05, 0.1) is 29.5 Å². The molecular weight excluding hydrogens is 288 g/mol. The fourth-order valence-corrected chi connectivity index (χ4v) is 2.10. The molecule has 98 valence electrons. The quantitative estimate of drug-likeness (QED) is 0.853. The van der Waals surface area contributed by atoms with Gasteiger partial charge in [-0.2, -0.15) is 0 Å². The number of furan rings is 1. The van der Waals surface area contributed by atoms with Crippen LogP contribution < -0.4 is 5.32 Å². The first kappa shape index (κ1) is 13.6. The number of aliphatic hydroxyl groups excluding tert-OH is 1. The highest BCUT2D eigenvalue weighted by Crippen LogP contribution is 2.21. The Balaban J connectivity index is 2.03. The summed E-state index contributed by atoms with van der Waals surface area (Å²) < 4.78 is 4.84. The number of thiazole rings is 1. The van der Waals surface area contributed by atoms with Crippen molar-refractivity contribution in [1.29, 1.82) is 0 Å². The van der Waals surface area contributed by atoms with Crippen LogP contribution >= 0.6 is 22.9 Å². The number of carbonyl (C=O) groups excluding carboxylic acids is 1. The Morgan fingerprint density at radius 3 is 3.16 bits per heavy atom. The zero-order chi connectivity index (χ0) is 13.7. The van der Waals surface area contributed by atoms with Crippen LogP contribution in [0.5, 0.6) is 0 Å². The Hall–Kier alpha value is -1.81. The Morgan fingerprint density at radius 2 is 2.47 bits per heavy atom. The van der Waals surface area contributed by atoms with Crippen LogP contribution in [0.25, 0.3) is 0 Å². The van der Waals surface area contributed by atoms with Crippen LogP contribution in [-0.2, 0) is 0 Å². The van der Waals surface area contributed by atoms with Crippen molar-refractivity contribution in [2.75, 3.05) is 11.9 Å². The molecule has 1 amide bonds. The van der Waals surface area contributed by atoms with Gasteiger partial charge in [-0.25, -0.2) is 4.98 Å². The first-order valence-corrected chi connectivity index (χ1v) is 6.50. The van der Waals surface area contributed by atoms with Crippen LogP contribution in [0.4, 0.5) is 5.13 Å². The summed E-state index contributed by atoms with van der Waals surface area (Å²) in [7, 11) is 0. The zero-order valence-corrected chi connectivity index (χ0v) is 11.2. The predicted molar refractivity (Wildman–Crippen MR) is 72.4 cm³/mol. The van der Waals surface area contributed by atoms with Crippen molar-refractivity contribution in [1.82, 2.24) is 4.98 Å². The molecule has 0 radical (unpaired) electrons. The van der Waals surface area contributed by atoms with Crippen molar-refractivity contribution < 1.29 is 14.3 Å². The number of nitrogens with zero attached hydrogens (tertiary/aromatic N) is 1. The molecule has 0 unspecified atom stereocenters. The molecule has 2 heterocycles. The van der Waals surface area contributed by atoms with Gasteiger partial charge in [0, 0.05) is 6.42 Å². The van der Waals surface area contributed by atoms with E-state index >= 15 is 0 Å². The lowest BCUT2D eigenvalue weighted by Crippen LogP contribution is -2.10. The number of hydrogen-bond acceptors (Lipinski definition) is 5. The fourth-order valence-electron chi connectivity index (χ4n) is 1.22. The van der Waals surface area contributed by atoms with Crippen LogP contribution in [0.1, 0.15) is 21.7 Å². The average molecular weight is 297 g/mol. The summed E-state index contributed by atoms with van der Waals surface area (Å²) in [5, 5.41) is 11.7.